The van der Waals surface area contributed by atoms with Crippen molar-refractivity contribution in [2.45, 2.75) is 59.2 Å². The zero-order valence-corrected chi connectivity index (χ0v) is 19.2. The lowest BCUT2D eigenvalue weighted by molar-refractivity contribution is 0.0699. The first kappa shape index (κ1) is 22.2. The molecule has 0 amide bonds. The van der Waals surface area contributed by atoms with Crippen LogP contribution in [0, 0.1) is 0 Å². The van der Waals surface area contributed by atoms with E-state index in [0.717, 1.165) is 24.2 Å². The van der Waals surface area contributed by atoms with Crippen LogP contribution in [-0.4, -0.2) is 48.2 Å². The van der Waals surface area contributed by atoms with Crippen LogP contribution in [0.1, 0.15) is 47.1 Å². The van der Waals surface area contributed by atoms with E-state index in [1.54, 1.807) is 7.11 Å². The molecule has 0 aliphatic carbocycles. The average Bonchev–Trinajstić information content (AvgIpc) is 2.87. The summed E-state index contributed by atoms with van der Waals surface area (Å²) >= 11 is 0. The second kappa shape index (κ2) is 8.48. The summed E-state index contributed by atoms with van der Waals surface area (Å²) in [5, 5.41) is 1.19. The van der Waals surface area contributed by atoms with E-state index in [-0.39, 0.29) is 11.2 Å². The molecule has 1 heterocycles. The number of aromatic nitrogens is 1. The van der Waals surface area contributed by atoms with Crippen LogP contribution in [0.4, 0.5) is 0 Å². The Kier molecular flexibility index (Phi) is 6.96. The molecule has 0 bridgehead atoms. The van der Waals surface area contributed by atoms with Gasteiger partial charge in [-0.2, -0.15) is 0 Å². The summed E-state index contributed by atoms with van der Waals surface area (Å²) in [5.74, 6) is 0.865. The SMILES string of the molecule is COc1ccc2c(c1)c(CCN(C)C)cn2P(OC(C)(C)C)OC(C)(C)C. The summed E-state index contributed by atoms with van der Waals surface area (Å²) in [5.41, 5.74) is 1.79. The minimum absolute atomic E-state index is 0.302. The third kappa shape index (κ3) is 6.46. The zero-order chi connectivity index (χ0) is 20.4. The second-order valence-electron chi connectivity index (χ2n) is 9.08. The van der Waals surface area contributed by atoms with Gasteiger partial charge in [0.05, 0.1) is 23.8 Å². The molecule has 0 fully saturated rings. The van der Waals surface area contributed by atoms with Crippen LogP contribution in [0.25, 0.3) is 10.9 Å². The van der Waals surface area contributed by atoms with Gasteiger partial charge in [-0.05, 0) is 85.8 Å². The highest BCUT2D eigenvalue weighted by Gasteiger charge is 2.29. The normalized spacial score (nSPS) is 13.1. The fourth-order valence-corrected chi connectivity index (χ4v) is 4.37. The highest BCUT2D eigenvalue weighted by atomic mass is 31.2. The lowest BCUT2D eigenvalue weighted by atomic mass is 10.1. The van der Waals surface area contributed by atoms with Gasteiger partial charge in [0.15, 0.2) is 0 Å². The van der Waals surface area contributed by atoms with Gasteiger partial charge in [0.2, 0.25) is 0 Å². The Bertz CT molecular complexity index is 741. The van der Waals surface area contributed by atoms with E-state index in [1.807, 2.05) is 6.07 Å². The smallest absolute Gasteiger partial charge is 0.295 e. The Labute approximate surface area is 165 Å². The highest BCUT2D eigenvalue weighted by molar-refractivity contribution is 7.45. The predicted octanol–water partition coefficient (Wildman–Crippen LogP) is 5.46. The Hall–Kier alpha value is -1.13. The fourth-order valence-electron chi connectivity index (χ4n) is 2.64. The molecule has 0 N–H and O–H groups in total. The van der Waals surface area contributed by atoms with Gasteiger partial charge in [-0.15, -0.1) is 0 Å². The summed E-state index contributed by atoms with van der Waals surface area (Å²) in [4.78, 5) is 2.20. The molecule has 0 aliphatic heterocycles. The van der Waals surface area contributed by atoms with Crippen molar-refractivity contribution in [3.8, 4) is 5.75 Å². The van der Waals surface area contributed by atoms with Gasteiger partial charge in [0.25, 0.3) is 8.53 Å². The molecule has 0 saturated heterocycles. The largest absolute Gasteiger partial charge is 0.497 e. The maximum Gasteiger partial charge on any atom is 0.295 e. The van der Waals surface area contributed by atoms with Gasteiger partial charge in [0.1, 0.15) is 5.75 Å². The van der Waals surface area contributed by atoms with E-state index in [0.29, 0.717) is 0 Å². The molecule has 0 atom stereocenters. The molecule has 1 aromatic heterocycles. The van der Waals surface area contributed by atoms with Crippen molar-refractivity contribution in [1.29, 1.82) is 0 Å². The molecular formula is C21H35N2O3P. The van der Waals surface area contributed by atoms with Gasteiger partial charge in [0, 0.05) is 18.1 Å². The standard InChI is InChI=1S/C21H35N2O3P/c1-20(2,3)25-27(26-21(4,5)6)23-15-16(12-13-22(7)8)18-14-17(24-9)10-11-19(18)23/h10-11,14-15H,12-13H2,1-9H3. The monoisotopic (exact) mass is 394 g/mol. The van der Waals surface area contributed by atoms with Crippen molar-refractivity contribution in [3.63, 3.8) is 0 Å². The van der Waals surface area contributed by atoms with Gasteiger partial charge in [-0.25, -0.2) is 0 Å². The van der Waals surface area contributed by atoms with Crippen molar-refractivity contribution >= 4 is 19.4 Å². The summed E-state index contributed by atoms with van der Waals surface area (Å²) in [6, 6.07) is 6.20. The van der Waals surface area contributed by atoms with E-state index in [9.17, 15) is 0 Å². The molecule has 2 aromatic rings. The topological polar surface area (TPSA) is 35.9 Å². The lowest BCUT2D eigenvalue weighted by Gasteiger charge is -2.32. The number of nitrogens with zero attached hydrogens (tertiary/aromatic N) is 2. The number of ether oxygens (including phenoxy) is 1. The molecule has 6 heteroatoms. The molecule has 152 valence electrons. The fraction of sp³-hybridized carbons (Fsp3) is 0.619. The predicted molar refractivity (Wildman–Crippen MR) is 115 cm³/mol. The minimum Gasteiger partial charge on any atom is -0.497 e. The Morgan fingerprint density at radius 1 is 1.00 bits per heavy atom. The zero-order valence-electron chi connectivity index (χ0n) is 18.3. The first-order valence-electron chi connectivity index (χ1n) is 9.41. The van der Waals surface area contributed by atoms with Crippen LogP contribution in [-0.2, 0) is 15.5 Å². The van der Waals surface area contributed by atoms with Crippen LogP contribution in [0.3, 0.4) is 0 Å². The summed E-state index contributed by atoms with van der Waals surface area (Å²) < 4.78 is 20.4. The number of hydrogen-bond donors (Lipinski definition) is 0. The van der Waals surface area contributed by atoms with Gasteiger partial charge < -0.3 is 18.7 Å². The third-order valence-electron chi connectivity index (χ3n) is 3.78. The van der Waals surface area contributed by atoms with E-state index >= 15 is 0 Å². The molecular weight excluding hydrogens is 359 g/mol. The Balaban J connectivity index is 2.55. The number of likely N-dealkylation sites (N-methyl/N-ethyl adjacent to an activating group) is 1. The van der Waals surface area contributed by atoms with Crippen molar-refractivity contribution in [2.24, 2.45) is 0 Å². The lowest BCUT2D eigenvalue weighted by Crippen LogP contribution is -2.23. The molecule has 0 unspecified atom stereocenters. The number of rotatable bonds is 7. The molecule has 5 nitrogen and oxygen atoms in total. The molecule has 2 rings (SSSR count). The second-order valence-corrected chi connectivity index (χ2v) is 10.4. The average molecular weight is 394 g/mol. The quantitative estimate of drug-likeness (QED) is 0.584. The molecule has 1 aromatic carbocycles. The summed E-state index contributed by atoms with van der Waals surface area (Å²) in [7, 11) is 4.61. The van der Waals surface area contributed by atoms with Crippen LogP contribution in [0.2, 0.25) is 0 Å². The molecule has 27 heavy (non-hydrogen) atoms. The van der Waals surface area contributed by atoms with Crippen LogP contribution in [0.5, 0.6) is 5.75 Å². The minimum atomic E-state index is -1.29. The number of benzene rings is 1. The maximum absolute atomic E-state index is 6.37. The molecule has 0 aliphatic rings. The third-order valence-corrected chi connectivity index (χ3v) is 5.87. The number of methoxy groups -OCH3 is 1. The van der Waals surface area contributed by atoms with Crippen LogP contribution in [0.15, 0.2) is 24.4 Å². The first-order valence-corrected chi connectivity index (χ1v) is 10.5. The molecule has 0 radical (unpaired) electrons. The van der Waals surface area contributed by atoms with Crippen molar-refractivity contribution in [3.05, 3.63) is 30.0 Å². The molecule has 0 saturated carbocycles. The van der Waals surface area contributed by atoms with Gasteiger partial charge in [-0.3, -0.25) is 4.34 Å². The van der Waals surface area contributed by atoms with Crippen LogP contribution < -0.4 is 4.74 Å². The number of fused-ring (bicyclic) bond motifs is 1. The van der Waals surface area contributed by atoms with Gasteiger partial charge >= 0.3 is 0 Å². The molecule has 0 spiro atoms. The van der Waals surface area contributed by atoms with E-state index in [4.69, 9.17) is 13.8 Å². The number of hydrogen-bond acceptors (Lipinski definition) is 4. The van der Waals surface area contributed by atoms with E-state index in [2.05, 4.69) is 83.2 Å². The Morgan fingerprint density at radius 3 is 2.07 bits per heavy atom. The highest BCUT2D eigenvalue weighted by Crippen LogP contribution is 2.50. The summed E-state index contributed by atoms with van der Waals surface area (Å²) in [6.45, 7) is 13.4. The van der Waals surface area contributed by atoms with Crippen LogP contribution >= 0.6 is 8.53 Å². The van der Waals surface area contributed by atoms with E-state index in [1.165, 1.54) is 10.9 Å². The van der Waals surface area contributed by atoms with Crippen molar-refractivity contribution in [1.82, 2.24) is 9.24 Å². The first-order chi connectivity index (χ1) is 12.4. The van der Waals surface area contributed by atoms with Crippen molar-refractivity contribution < 1.29 is 13.8 Å². The van der Waals surface area contributed by atoms with Gasteiger partial charge in [-0.1, -0.05) is 0 Å². The van der Waals surface area contributed by atoms with E-state index < -0.39 is 8.53 Å². The Morgan fingerprint density at radius 2 is 1.59 bits per heavy atom. The summed E-state index contributed by atoms with van der Waals surface area (Å²) in [6.07, 6.45) is 3.15. The maximum atomic E-state index is 6.37. The van der Waals surface area contributed by atoms with Crippen molar-refractivity contribution in [2.75, 3.05) is 27.7 Å².